The van der Waals surface area contributed by atoms with Crippen LogP contribution < -0.4 is 10.6 Å². The zero-order chi connectivity index (χ0) is 24.6. The number of para-hydroxylation sites is 1. The van der Waals surface area contributed by atoms with Gasteiger partial charge in [0.2, 0.25) is 5.91 Å². The molecule has 0 bridgehead atoms. The molecule has 2 atom stereocenters. The van der Waals surface area contributed by atoms with Crippen LogP contribution in [0.2, 0.25) is 10.0 Å². The average molecular weight is 510 g/mol. The Kier molecular flexibility index (Phi) is 6.45. The number of aliphatic hydroxyl groups excluding tert-OH is 1. The van der Waals surface area contributed by atoms with E-state index in [1.165, 1.54) is 0 Å². The first kappa shape index (κ1) is 23.7. The van der Waals surface area contributed by atoms with Gasteiger partial charge in [-0.25, -0.2) is 0 Å². The van der Waals surface area contributed by atoms with Gasteiger partial charge in [-0.05, 0) is 47.9 Å². The number of aliphatic hydroxyl groups is 1. The predicted octanol–water partition coefficient (Wildman–Crippen LogP) is 4.63. The molecule has 8 heteroatoms. The van der Waals surface area contributed by atoms with Crippen LogP contribution in [0.4, 0.5) is 11.4 Å². The lowest BCUT2D eigenvalue weighted by molar-refractivity contribution is -0.129. The van der Waals surface area contributed by atoms with Gasteiger partial charge in [0.25, 0.3) is 5.91 Å². The molecule has 3 aromatic rings. The molecule has 5 rings (SSSR count). The Morgan fingerprint density at radius 1 is 1.09 bits per heavy atom. The molecule has 0 aliphatic carbocycles. The van der Waals surface area contributed by atoms with Crippen LogP contribution >= 0.6 is 23.2 Å². The average Bonchev–Trinajstić information content (AvgIpc) is 3.36. The normalized spacial score (nSPS) is 21.1. The van der Waals surface area contributed by atoms with Gasteiger partial charge in [-0.1, -0.05) is 59.6 Å². The zero-order valence-electron chi connectivity index (χ0n) is 18.9. The molecule has 2 aliphatic heterocycles. The highest BCUT2D eigenvalue weighted by Crippen LogP contribution is 2.43. The maximum absolute atomic E-state index is 13.6. The van der Waals surface area contributed by atoms with E-state index in [2.05, 4.69) is 10.6 Å². The molecule has 0 radical (unpaired) electrons. The van der Waals surface area contributed by atoms with Gasteiger partial charge in [-0.3, -0.25) is 9.59 Å². The summed E-state index contributed by atoms with van der Waals surface area (Å²) in [6.07, 6.45) is 0.625. The standard InChI is InChI=1S/C27H25Cl2N3O3/c28-19-6-3-4-17(12-19)15-27(22-9-8-20(29)14-24(22)30-26(27)35)31-23-7-2-1-5-18(23)13-25(34)32-11-10-21(33)16-32/h1-9,12,14,21,31,33H,10-11,13,15-16H2,(H,30,35). The largest absolute Gasteiger partial charge is 0.391 e. The van der Waals surface area contributed by atoms with E-state index in [1.54, 1.807) is 23.1 Å². The summed E-state index contributed by atoms with van der Waals surface area (Å²) in [5.74, 6) is -0.263. The number of carbonyl (C=O) groups excluding carboxylic acids is 2. The molecule has 2 unspecified atom stereocenters. The van der Waals surface area contributed by atoms with Gasteiger partial charge in [-0.15, -0.1) is 0 Å². The molecular formula is C27H25Cl2N3O3. The minimum Gasteiger partial charge on any atom is -0.391 e. The number of hydrogen-bond acceptors (Lipinski definition) is 4. The molecule has 2 heterocycles. The highest BCUT2D eigenvalue weighted by Gasteiger charge is 2.47. The van der Waals surface area contributed by atoms with E-state index in [4.69, 9.17) is 23.2 Å². The number of hydrogen-bond donors (Lipinski definition) is 3. The molecular weight excluding hydrogens is 485 g/mol. The summed E-state index contributed by atoms with van der Waals surface area (Å²) in [4.78, 5) is 28.2. The van der Waals surface area contributed by atoms with Crippen molar-refractivity contribution in [2.45, 2.75) is 30.9 Å². The highest BCUT2D eigenvalue weighted by molar-refractivity contribution is 6.31. The van der Waals surface area contributed by atoms with Gasteiger partial charge in [0.1, 0.15) is 5.54 Å². The summed E-state index contributed by atoms with van der Waals surface area (Å²) in [5.41, 5.74) is 2.66. The monoisotopic (exact) mass is 509 g/mol. The molecule has 35 heavy (non-hydrogen) atoms. The van der Waals surface area contributed by atoms with E-state index < -0.39 is 11.6 Å². The third-order valence-electron chi connectivity index (χ3n) is 6.66. The van der Waals surface area contributed by atoms with Crippen molar-refractivity contribution in [3.63, 3.8) is 0 Å². The number of nitrogens with zero attached hydrogens (tertiary/aromatic N) is 1. The Bertz CT molecular complexity index is 1300. The molecule has 1 fully saturated rings. The van der Waals surface area contributed by atoms with Crippen LogP contribution in [0.5, 0.6) is 0 Å². The molecule has 3 N–H and O–H groups in total. The van der Waals surface area contributed by atoms with Crippen molar-refractivity contribution < 1.29 is 14.7 Å². The number of nitrogens with one attached hydrogen (secondary N) is 2. The van der Waals surface area contributed by atoms with Crippen molar-refractivity contribution in [2.24, 2.45) is 0 Å². The van der Waals surface area contributed by atoms with Gasteiger partial charge < -0.3 is 20.6 Å². The lowest BCUT2D eigenvalue weighted by Crippen LogP contribution is -2.44. The van der Waals surface area contributed by atoms with Gasteiger partial charge in [0, 0.05) is 46.5 Å². The van der Waals surface area contributed by atoms with Crippen molar-refractivity contribution in [3.05, 3.63) is 93.5 Å². The highest BCUT2D eigenvalue weighted by atomic mass is 35.5. The zero-order valence-corrected chi connectivity index (χ0v) is 20.4. The van der Waals surface area contributed by atoms with Crippen LogP contribution in [0.15, 0.2) is 66.7 Å². The fourth-order valence-electron chi connectivity index (χ4n) is 4.91. The fraction of sp³-hybridized carbons (Fsp3) is 0.259. The lowest BCUT2D eigenvalue weighted by Gasteiger charge is -2.31. The van der Waals surface area contributed by atoms with E-state index in [0.29, 0.717) is 47.4 Å². The smallest absolute Gasteiger partial charge is 0.255 e. The van der Waals surface area contributed by atoms with Crippen molar-refractivity contribution in [1.29, 1.82) is 0 Å². The quantitative estimate of drug-likeness (QED) is 0.452. The first-order chi connectivity index (χ1) is 16.8. The maximum Gasteiger partial charge on any atom is 0.255 e. The molecule has 0 saturated carbocycles. The second kappa shape index (κ2) is 9.53. The predicted molar refractivity (Wildman–Crippen MR) is 138 cm³/mol. The minimum absolute atomic E-state index is 0.0530. The first-order valence-corrected chi connectivity index (χ1v) is 12.3. The number of halogens is 2. The number of fused-ring (bicyclic) bond motifs is 1. The SMILES string of the molecule is O=C(Cc1ccccc1NC1(Cc2cccc(Cl)c2)C(=O)Nc2cc(Cl)ccc21)N1CCC(O)C1. The lowest BCUT2D eigenvalue weighted by atomic mass is 9.84. The second-order valence-corrected chi connectivity index (χ2v) is 9.97. The van der Waals surface area contributed by atoms with Crippen LogP contribution in [0.3, 0.4) is 0 Å². The van der Waals surface area contributed by atoms with Gasteiger partial charge >= 0.3 is 0 Å². The third kappa shape index (κ3) is 4.74. The van der Waals surface area contributed by atoms with E-state index in [9.17, 15) is 14.7 Å². The Morgan fingerprint density at radius 2 is 1.89 bits per heavy atom. The molecule has 180 valence electrons. The minimum atomic E-state index is -1.13. The second-order valence-electron chi connectivity index (χ2n) is 9.10. The third-order valence-corrected chi connectivity index (χ3v) is 7.13. The van der Waals surface area contributed by atoms with E-state index in [0.717, 1.165) is 16.7 Å². The molecule has 0 aromatic heterocycles. The van der Waals surface area contributed by atoms with Gasteiger partial charge in [0.15, 0.2) is 0 Å². The van der Waals surface area contributed by atoms with E-state index in [1.807, 2.05) is 48.5 Å². The summed E-state index contributed by atoms with van der Waals surface area (Å²) < 4.78 is 0. The van der Waals surface area contributed by atoms with Crippen molar-refractivity contribution >= 4 is 46.4 Å². The molecule has 2 aliphatic rings. The molecule has 1 saturated heterocycles. The van der Waals surface area contributed by atoms with Crippen molar-refractivity contribution in [1.82, 2.24) is 4.90 Å². The molecule has 0 spiro atoms. The van der Waals surface area contributed by atoms with Crippen LogP contribution in [0.25, 0.3) is 0 Å². The maximum atomic E-state index is 13.6. The topological polar surface area (TPSA) is 81.7 Å². The van der Waals surface area contributed by atoms with E-state index in [-0.39, 0.29) is 18.2 Å². The summed E-state index contributed by atoms with van der Waals surface area (Å²) >= 11 is 12.5. The van der Waals surface area contributed by atoms with Gasteiger partial charge in [-0.2, -0.15) is 0 Å². The van der Waals surface area contributed by atoms with Crippen LogP contribution in [0.1, 0.15) is 23.1 Å². The van der Waals surface area contributed by atoms with E-state index >= 15 is 0 Å². The van der Waals surface area contributed by atoms with Gasteiger partial charge in [0.05, 0.1) is 12.5 Å². The number of benzene rings is 3. The van der Waals surface area contributed by atoms with Crippen molar-refractivity contribution in [3.8, 4) is 0 Å². The Hall–Kier alpha value is -3.06. The van der Waals surface area contributed by atoms with Crippen LogP contribution in [-0.4, -0.2) is 41.0 Å². The van der Waals surface area contributed by atoms with Crippen molar-refractivity contribution in [2.75, 3.05) is 23.7 Å². The Labute approximate surface area is 213 Å². The summed E-state index contributed by atoms with van der Waals surface area (Å²) in [6, 6.07) is 20.3. The molecule has 3 aromatic carbocycles. The number of β-amino-alcohol motifs (C(OH)–C–C–N with tert-alkyl or cyclic N) is 1. The Balaban J connectivity index is 1.52. The van der Waals surface area contributed by atoms with Crippen LogP contribution in [-0.2, 0) is 28.0 Å². The number of anilines is 2. The number of rotatable bonds is 6. The number of carbonyl (C=O) groups is 2. The molecule has 2 amide bonds. The van der Waals surface area contributed by atoms with Crippen LogP contribution in [0, 0.1) is 0 Å². The fourth-order valence-corrected chi connectivity index (χ4v) is 5.29. The number of amides is 2. The summed E-state index contributed by atoms with van der Waals surface area (Å²) in [7, 11) is 0. The summed E-state index contributed by atoms with van der Waals surface area (Å²) in [6.45, 7) is 0.897. The Morgan fingerprint density at radius 3 is 2.66 bits per heavy atom. The number of likely N-dealkylation sites (tertiary alicyclic amines) is 1. The first-order valence-electron chi connectivity index (χ1n) is 11.5. The molecule has 6 nitrogen and oxygen atoms in total. The summed E-state index contributed by atoms with van der Waals surface area (Å²) in [5, 5.41) is 17.4.